The number of carboxylic acids is 1. The summed E-state index contributed by atoms with van der Waals surface area (Å²) < 4.78 is 0. The molecule has 0 spiro atoms. The van der Waals surface area contributed by atoms with Gasteiger partial charge in [-0.3, -0.25) is 9.69 Å². The number of nitrogens with zero attached hydrogens (tertiary/aromatic N) is 1. The predicted octanol–water partition coefficient (Wildman–Crippen LogP) is 4.48. The summed E-state index contributed by atoms with van der Waals surface area (Å²) >= 11 is 0. The van der Waals surface area contributed by atoms with Gasteiger partial charge in [-0.15, -0.1) is 6.58 Å². The zero-order valence-corrected chi connectivity index (χ0v) is 13.3. The van der Waals surface area contributed by atoms with Crippen molar-refractivity contribution in [3.8, 4) is 0 Å². The van der Waals surface area contributed by atoms with E-state index in [1.807, 2.05) is 4.90 Å². The Bertz CT molecular complexity index is 241. The molecule has 0 unspecified atom stereocenters. The van der Waals surface area contributed by atoms with E-state index in [0.717, 1.165) is 13.0 Å². The third-order valence-corrected chi connectivity index (χ3v) is 3.57. The molecule has 0 amide bonds. The molecular weight excluding hydrogens is 250 g/mol. The van der Waals surface area contributed by atoms with Crippen LogP contribution in [-0.4, -0.2) is 35.6 Å². The smallest absolute Gasteiger partial charge is 0.317 e. The zero-order valence-electron chi connectivity index (χ0n) is 13.3. The molecule has 0 aromatic carbocycles. The molecule has 118 valence electrons. The van der Waals surface area contributed by atoms with Gasteiger partial charge in [-0.1, -0.05) is 70.8 Å². The van der Waals surface area contributed by atoms with Gasteiger partial charge >= 0.3 is 5.97 Å². The fraction of sp³-hybridized carbons (Fsp3) is 0.824. The SMILES string of the molecule is C=CCN(CCCCCCCCCCCC)CC(=O)O. The molecule has 20 heavy (non-hydrogen) atoms. The van der Waals surface area contributed by atoms with Crippen molar-refractivity contribution in [2.75, 3.05) is 19.6 Å². The van der Waals surface area contributed by atoms with Gasteiger partial charge in [-0.05, 0) is 13.0 Å². The lowest BCUT2D eigenvalue weighted by atomic mass is 10.1. The largest absolute Gasteiger partial charge is 0.480 e. The number of carboxylic acid groups (broad SMARTS) is 1. The average molecular weight is 283 g/mol. The number of hydrogen-bond donors (Lipinski definition) is 1. The second-order valence-electron chi connectivity index (χ2n) is 5.60. The van der Waals surface area contributed by atoms with E-state index in [4.69, 9.17) is 5.11 Å². The zero-order chi connectivity index (χ0) is 15.1. The molecule has 0 aromatic heterocycles. The van der Waals surface area contributed by atoms with Crippen LogP contribution in [0, 0.1) is 0 Å². The third-order valence-electron chi connectivity index (χ3n) is 3.57. The molecule has 0 radical (unpaired) electrons. The summed E-state index contributed by atoms with van der Waals surface area (Å²) in [5.74, 6) is -0.751. The monoisotopic (exact) mass is 283 g/mol. The molecule has 0 heterocycles. The van der Waals surface area contributed by atoms with Gasteiger partial charge in [0.2, 0.25) is 0 Å². The standard InChI is InChI=1S/C17H33NO2/c1-3-5-6-7-8-9-10-11-12-13-15-18(14-4-2)16-17(19)20/h4H,2-3,5-16H2,1H3,(H,19,20). The van der Waals surface area contributed by atoms with Crippen molar-refractivity contribution in [1.29, 1.82) is 0 Å². The first-order valence-electron chi connectivity index (χ1n) is 8.25. The van der Waals surface area contributed by atoms with Crippen LogP contribution in [-0.2, 0) is 4.79 Å². The second-order valence-corrected chi connectivity index (χ2v) is 5.60. The van der Waals surface area contributed by atoms with Gasteiger partial charge in [0.25, 0.3) is 0 Å². The van der Waals surface area contributed by atoms with Crippen molar-refractivity contribution in [2.24, 2.45) is 0 Å². The van der Waals surface area contributed by atoms with Gasteiger partial charge < -0.3 is 5.11 Å². The summed E-state index contributed by atoms with van der Waals surface area (Å²) in [6.07, 6.45) is 14.9. The van der Waals surface area contributed by atoms with E-state index < -0.39 is 5.97 Å². The normalized spacial score (nSPS) is 10.9. The van der Waals surface area contributed by atoms with E-state index in [2.05, 4.69) is 13.5 Å². The fourth-order valence-electron chi connectivity index (χ4n) is 2.43. The Morgan fingerprint density at radius 1 is 1.00 bits per heavy atom. The number of rotatable bonds is 15. The molecule has 3 nitrogen and oxygen atoms in total. The highest BCUT2D eigenvalue weighted by Crippen LogP contribution is 2.10. The van der Waals surface area contributed by atoms with Crippen molar-refractivity contribution in [2.45, 2.75) is 71.1 Å². The lowest BCUT2D eigenvalue weighted by Crippen LogP contribution is -2.30. The summed E-state index contributed by atoms with van der Waals surface area (Å²) in [4.78, 5) is 12.6. The number of hydrogen-bond acceptors (Lipinski definition) is 2. The Labute approximate surface area is 125 Å². The minimum absolute atomic E-state index is 0.128. The van der Waals surface area contributed by atoms with Gasteiger partial charge in [-0.25, -0.2) is 0 Å². The topological polar surface area (TPSA) is 40.5 Å². The molecule has 1 N–H and O–H groups in total. The van der Waals surface area contributed by atoms with Crippen LogP contribution < -0.4 is 0 Å². The van der Waals surface area contributed by atoms with Crippen LogP contribution in [0.2, 0.25) is 0 Å². The van der Waals surface area contributed by atoms with E-state index in [9.17, 15) is 4.79 Å². The molecule has 0 saturated heterocycles. The first-order valence-corrected chi connectivity index (χ1v) is 8.25. The third kappa shape index (κ3) is 13.6. The summed E-state index contributed by atoms with van der Waals surface area (Å²) in [6.45, 7) is 7.59. The first kappa shape index (κ1) is 19.2. The van der Waals surface area contributed by atoms with Crippen LogP contribution in [0.4, 0.5) is 0 Å². The van der Waals surface area contributed by atoms with E-state index >= 15 is 0 Å². The summed E-state index contributed by atoms with van der Waals surface area (Å²) in [6, 6.07) is 0. The molecule has 0 aliphatic carbocycles. The predicted molar refractivity (Wildman–Crippen MR) is 86.1 cm³/mol. The number of carbonyl (C=O) groups is 1. The van der Waals surface area contributed by atoms with Crippen LogP contribution in [0.25, 0.3) is 0 Å². The van der Waals surface area contributed by atoms with Gasteiger partial charge in [-0.2, -0.15) is 0 Å². The van der Waals surface area contributed by atoms with Crippen LogP contribution >= 0.6 is 0 Å². The summed E-state index contributed by atoms with van der Waals surface area (Å²) in [5, 5.41) is 8.80. The van der Waals surface area contributed by atoms with Gasteiger partial charge in [0, 0.05) is 6.54 Å². The molecule has 0 atom stereocenters. The van der Waals surface area contributed by atoms with E-state index in [0.29, 0.717) is 6.54 Å². The minimum Gasteiger partial charge on any atom is -0.480 e. The second kappa shape index (κ2) is 14.6. The van der Waals surface area contributed by atoms with E-state index in [-0.39, 0.29) is 6.54 Å². The molecule has 0 aliphatic heterocycles. The maximum atomic E-state index is 10.7. The molecule has 0 saturated carbocycles. The summed E-state index contributed by atoms with van der Waals surface area (Å²) in [5.41, 5.74) is 0. The van der Waals surface area contributed by atoms with Gasteiger partial charge in [0.15, 0.2) is 0 Å². The van der Waals surface area contributed by atoms with E-state index in [1.165, 1.54) is 57.8 Å². The summed E-state index contributed by atoms with van der Waals surface area (Å²) in [7, 11) is 0. The molecular formula is C17H33NO2. The molecule has 0 rings (SSSR count). The highest BCUT2D eigenvalue weighted by molar-refractivity contribution is 5.69. The maximum absolute atomic E-state index is 10.7. The van der Waals surface area contributed by atoms with Crippen molar-refractivity contribution < 1.29 is 9.90 Å². The first-order chi connectivity index (χ1) is 9.70. The Kier molecular flexibility index (Phi) is 14.0. The molecule has 3 heteroatoms. The van der Waals surface area contributed by atoms with Crippen LogP contribution in [0.5, 0.6) is 0 Å². The highest BCUT2D eigenvalue weighted by atomic mass is 16.4. The molecule has 0 aromatic rings. The Morgan fingerprint density at radius 3 is 1.95 bits per heavy atom. The Morgan fingerprint density at radius 2 is 1.50 bits per heavy atom. The van der Waals surface area contributed by atoms with Gasteiger partial charge in [0.1, 0.15) is 0 Å². The quantitative estimate of drug-likeness (QED) is 0.356. The van der Waals surface area contributed by atoms with Crippen molar-refractivity contribution in [1.82, 2.24) is 4.90 Å². The maximum Gasteiger partial charge on any atom is 0.317 e. The Balaban J connectivity index is 3.36. The van der Waals surface area contributed by atoms with Crippen LogP contribution in [0.3, 0.4) is 0 Å². The highest BCUT2D eigenvalue weighted by Gasteiger charge is 2.06. The molecule has 0 aliphatic rings. The van der Waals surface area contributed by atoms with E-state index in [1.54, 1.807) is 6.08 Å². The average Bonchev–Trinajstić information content (AvgIpc) is 2.40. The molecule has 0 fully saturated rings. The number of unbranched alkanes of at least 4 members (excludes halogenated alkanes) is 9. The minimum atomic E-state index is -0.751. The fourth-order valence-corrected chi connectivity index (χ4v) is 2.43. The van der Waals surface area contributed by atoms with Crippen molar-refractivity contribution in [3.05, 3.63) is 12.7 Å². The lowest BCUT2D eigenvalue weighted by Gasteiger charge is -2.17. The number of aliphatic carboxylic acids is 1. The van der Waals surface area contributed by atoms with Crippen molar-refractivity contribution in [3.63, 3.8) is 0 Å². The van der Waals surface area contributed by atoms with Gasteiger partial charge in [0.05, 0.1) is 6.54 Å². The van der Waals surface area contributed by atoms with Crippen molar-refractivity contribution >= 4 is 5.97 Å². The lowest BCUT2D eigenvalue weighted by molar-refractivity contribution is -0.138. The van der Waals surface area contributed by atoms with Crippen LogP contribution in [0.15, 0.2) is 12.7 Å². The Hall–Kier alpha value is -0.830. The molecule has 0 bridgehead atoms. The van der Waals surface area contributed by atoms with Crippen LogP contribution in [0.1, 0.15) is 71.1 Å².